The topological polar surface area (TPSA) is 64.3 Å². The van der Waals surface area contributed by atoms with Gasteiger partial charge < -0.3 is 15.8 Å². The van der Waals surface area contributed by atoms with E-state index in [0.29, 0.717) is 24.8 Å². The zero-order valence-corrected chi connectivity index (χ0v) is 9.11. The fraction of sp³-hybridized carbons (Fsp3) is 0.417. The van der Waals surface area contributed by atoms with Crippen molar-refractivity contribution >= 4 is 11.6 Å². The number of hydrogen-bond donors (Lipinski definition) is 2. The highest BCUT2D eigenvalue weighted by Gasteiger charge is 2.22. The summed E-state index contributed by atoms with van der Waals surface area (Å²) in [5.41, 5.74) is 6.25. The highest BCUT2D eigenvalue weighted by atomic mass is 16.5. The minimum Gasteiger partial charge on any atom is -0.493 e. The van der Waals surface area contributed by atoms with Gasteiger partial charge in [0.05, 0.1) is 13.0 Å². The van der Waals surface area contributed by atoms with Crippen LogP contribution in [0.2, 0.25) is 0 Å². The van der Waals surface area contributed by atoms with Crippen molar-refractivity contribution in [3.63, 3.8) is 0 Å². The van der Waals surface area contributed by atoms with Gasteiger partial charge in [-0.15, -0.1) is 0 Å². The smallest absolute Gasteiger partial charge is 0.223 e. The van der Waals surface area contributed by atoms with Crippen LogP contribution in [0.5, 0.6) is 5.75 Å². The first-order valence-corrected chi connectivity index (χ1v) is 5.52. The molecule has 1 aromatic rings. The molecule has 0 bridgehead atoms. The fourth-order valence-corrected chi connectivity index (χ4v) is 1.35. The molecule has 1 amide bonds. The van der Waals surface area contributed by atoms with Crippen molar-refractivity contribution in [1.82, 2.24) is 5.32 Å². The summed E-state index contributed by atoms with van der Waals surface area (Å²) in [6, 6.07) is 7.57. The second kappa shape index (κ2) is 4.88. The van der Waals surface area contributed by atoms with Gasteiger partial charge in [0, 0.05) is 11.7 Å². The number of nitrogens with one attached hydrogen (secondary N) is 1. The number of benzene rings is 1. The van der Waals surface area contributed by atoms with Crippen molar-refractivity contribution in [1.29, 1.82) is 0 Å². The molecule has 0 saturated heterocycles. The quantitative estimate of drug-likeness (QED) is 0.735. The molecule has 1 fully saturated rings. The molecule has 1 aromatic carbocycles. The highest BCUT2D eigenvalue weighted by molar-refractivity contribution is 5.76. The molecule has 0 atom stereocenters. The van der Waals surface area contributed by atoms with E-state index in [1.807, 2.05) is 0 Å². The second-order valence-corrected chi connectivity index (χ2v) is 4.01. The van der Waals surface area contributed by atoms with E-state index in [9.17, 15) is 4.79 Å². The third-order valence-corrected chi connectivity index (χ3v) is 2.42. The largest absolute Gasteiger partial charge is 0.493 e. The van der Waals surface area contributed by atoms with Crippen molar-refractivity contribution in [3.8, 4) is 5.75 Å². The van der Waals surface area contributed by atoms with E-state index in [4.69, 9.17) is 10.5 Å². The minimum absolute atomic E-state index is 0.0675. The van der Waals surface area contributed by atoms with E-state index in [1.54, 1.807) is 24.3 Å². The molecule has 3 N–H and O–H groups in total. The van der Waals surface area contributed by atoms with Gasteiger partial charge in [0.25, 0.3) is 0 Å². The maximum atomic E-state index is 11.3. The SMILES string of the molecule is Nc1ccc(OCCC(=O)NC2CC2)cc1. The van der Waals surface area contributed by atoms with Crippen LogP contribution < -0.4 is 15.8 Å². The van der Waals surface area contributed by atoms with E-state index in [0.717, 1.165) is 18.6 Å². The number of nitrogens with two attached hydrogens (primary N) is 1. The first kappa shape index (κ1) is 10.8. The Hall–Kier alpha value is -1.71. The van der Waals surface area contributed by atoms with Crippen LogP contribution in [0, 0.1) is 0 Å². The van der Waals surface area contributed by atoms with Crippen LogP contribution in [0.15, 0.2) is 24.3 Å². The Morgan fingerprint density at radius 3 is 2.69 bits per heavy atom. The predicted molar refractivity (Wildman–Crippen MR) is 62.1 cm³/mol. The van der Waals surface area contributed by atoms with E-state index in [-0.39, 0.29) is 5.91 Å². The average Bonchev–Trinajstić information content (AvgIpc) is 3.05. The van der Waals surface area contributed by atoms with Gasteiger partial charge in [-0.25, -0.2) is 0 Å². The number of rotatable bonds is 5. The summed E-state index contributed by atoms with van der Waals surface area (Å²) in [6.45, 7) is 0.405. The Morgan fingerprint density at radius 1 is 1.38 bits per heavy atom. The van der Waals surface area contributed by atoms with E-state index >= 15 is 0 Å². The Balaban J connectivity index is 1.66. The lowest BCUT2D eigenvalue weighted by atomic mass is 10.3. The second-order valence-electron chi connectivity index (χ2n) is 4.01. The number of hydrogen-bond acceptors (Lipinski definition) is 3. The minimum atomic E-state index is 0.0675. The molecule has 4 heteroatoms. The van der Waals surface area contributed by atoms with Gasteiger partial charge in [-0.1, -0.05) is 0 Å². The van der Waals surface area contributed by atoms with Crippen LogP contribution in [-0.2, 0) is 4.79 Å². The number of anilines is 1. The lowest BCUT2D eigenvalue weighted by Gasteiger charge is -2.06. The standard InChI is InChI=1S/C12H16N2O2/c13-9-1-5-11(6-2-9)16-8-7-12(15)14-10-3-4-10/h1-2,5-6,10H,3-4,7-8,13H2,(H,14,15). The Morgan fingerprint density at radius 2 is 2.06 bits per heavy atom. The Bertz CT molecular complexity index is 358. The summed E-state index contributed by atoms with van der Waals surface area (Å²) in [4.78, 5) is 11.3. The van der Waals surface area contributed by atoms with E-state index in [2.05, 4.69) is 5.32 Å². The normalized spacial score (nSPS) is 14.5. The van der Waals surface area contributed by atoms with Crippen LogP contribution in [-0.4, -0.2) is 18.6 Å². The van der Waals surface area contributed by atoms with Gasteiger partial charge in [0.1, 0.15) is 5.75 Å². The molecular weight excluding hydrogens is 204 g/mol. The molecule has 1 aliphatic rings. The van der Waals surface area contributed by atoms with Gasteiger partial charge in [-0.3, -0.25) is 4.79 Å². The number of carbonyl (C=O) groups is 1. The molecule has 16 heavy (non-hydrogen) atoms. The summed E-state index contributed by atoms with van der Waals surface area (Å²) in [5.74, 6) is 0.811. The first-order chi connectivity index (χ1) is 7.74. The Labute approximate surface area is 94.8 Å². The molecule has 0 aromatic heterocycles. The molecule has 0 unspecified atom stereocenters. The highest BCUT2D eigenvalue weighted by Crippen LogP contribution is 2.18. The van der Waals surface area contributed by atoms with Crippen LogP contribution in [0.25, 0.3) is 0 Å². The molecular formula is C12H16N2O2. The van der Waals surface area contributed by atoms with Crippen molar-refractivity contribution in [2.24, 2.45) is 0 Å². The summed E-state index contributed by atoms with van der Waals surface area (Å²) in [7, 11) is 0. The van der Waals surface area contributed by atoms with Crippen molar-refractivity contribution in [2.75, 3.05) is 12.3 Å². The summed E-state index contributed by atoms with van der Waals surface area (Å²) in [5, 5.41) is 2.91. The number of carbonyl (C=O) groups excluding carboxylic acids is 1. The molecule has 1 saturated carbocycles. The molecule has 86 valence electrons. The van der Waals surface area contributed by atoms with Crippen molar-refractivity contribution in [3.05, 3.63) is 24.3 Å². The van der Waals surface area contributed by atoms with Crippen LogP contribution in [0.3, 0.4) is 0 Å². The first-order valence-electron chi connectivity index (χ1n) is 5.52. The van der Waals surface area contributed by atoms with E-state index < -0.39 is 0 Å². The molecule has 0 radical (unpaired) electrons. The van der Waals surface area contributed by atoms with Gasteiger partial charge >= 0.3 is 0 Å². The molecule has 1 aliphatic carbocycles. The third-order valence-electron chi connectivity index (χ3n) is 2.42. The maximum absolute atomic E-state index is 11.3. The van der Waals surface area contributed by atoms with Crippen molar-refractivity contribution in [2.45, 2.75) is 25.3 Å². The van der Waals surface area contributed by atoms with Gasteiger partial charge in [-0.05, 0) is 37.1 Å². The predicted octanol–water partition coefficient (Wildman–Crippen LogP) is 1.32. The fourth-order valence-electron chi connectivity index (χ4n) is 1.35. The zero-order valence-electron chi connectivity index (χ0n) is 9.11. The molecule has 2 rings (SSSR count). The van der Waals surface area contributed by atoms with Crippen molar-refractivity contribution < 1.29 is 9.53 Å². The zero-order chi connectivity index (χ0) is 11.4. The average molecular weight is 220 g/mol. The van der Waals surface area contributed by atoms with Gasteiger partial charge in [0.15, 0.2) is 0 Å². The van der Waals surface area contributed by atoms with Gasteiger partial charge in [0.2, 0.25) is 5.91 Å². The number of amides is 1. The summed E-state index contributed by atoms with van der Waals surface area (Å²) < 4.78 is 5.42. The third kappa shape index (κ3) is 3.46. The molecule has 4 nitrogen and oxygen atoms in total. The van der Waals surface area contributed by atoms with Crippen LogP contribution in [0.4, 0.5) is 5.69 Å². The maximum Gasteiger partial charge on any atom is 0.223 e. The number of nitrogen functional groups attached to an aromatic ring is 1. The van der Waals surface area contributed by atoms with Crippen LogP contribution in [0.1, 0.15) is 19.3 Å². The Kier molecular flexibility index (Phi) is 3.29. The molecule has 0 aliphatic heterocycles. The summed E-state index contributed by atoms with van der Waals surface area (Å²) >= 11 is 0. The number of ether oxygens (including phenoxy) is 1. The molecule has 0 spiro atoms. The molecule has 0 heterocycles. The van der Waals surface area contributed by atoms with E-state index in [1.165, 1.54) is 0 Å². The monoisotopic (exact) mass is 220 g/mol. The van der Waals surface area contributed by atoms with Gasteiger partial charge in [-0.2, -0.15) is 0 Å². The lowest BCUT2D eigenvalue weighted by molar-refractivity contribution is -0.121. The summed E-state index contributed by atoms with van der Waals surface area (Å²) in [6.07, 6.45) is 2.63. The van der Waals surface area contributed by atoms with Crippen LogP contribution >= 0.6 is 0 Å². The lowest BCUT2D eigenvalue weighted by Crippen LogP contribution is -2.26.